The van der Waals surface area contributed by atoms with E-state index in [1.807, 2.05) is 41.3 Å². The number of Topliss-reactive ketones (excluding diaryl/α,β-unsaturated/α-hetero) is 1. The Kier molecular flexibility index (Phi) is 5.73. The number of hydrogen-bond acceptors (Lipinski definition) is 5. The molecule has 2 amide bonds. The molecular formula is C25H25N3O5. The molecular weight excluding hydrogens is 422 g/mol. The molecule has 0 bridgehead atoms. The van der Waals surface area contributed by atoms with Gasteiger partial charge in [0.2, 0.25) is 5.91 Å². The molecule has 0 spiro atoms. The van der Waals surface area contributed by atoms with Gasteiger partial charge in [0.1, 0.15) is 19.3 Å². The second-order valence-corrected chi connectivity index (χ2v) is 8.31. The number of nitrogens with zero attached hydrogens (tertiary/aromatic N) is 2. The van der Waals surface area contributed by atoms with Crippen molar-refractivity contribution < 1.29 is 23.9 Å². The second kappa shape index (κ2) is 8.97. The van der Waals surface area contributed by atoms with Gasteiger partial charge >= 0.3 is 0 Å². The van der Waals surface area contributed by atoms with Crippen molar-refractivity contribution in [2.24, 2.45) is 0 Å². The standard InChI is InChI=1S/C25H25N3O5/c29-23(27-11-5-6-12-27)15-28-14-19(18-7-1-2-8-20(18)28)24(30)25(31)26-13-17-16-32-21-9-3-4-10-22(21)33-17/h1-4,7-10,14,17H,5-6,11-13,15-16H2,(H,26,31)/t17-/m0/s1. The summed E-state index contributed by atoms with van der Waals surface area (Å²) >= 11 is 0. The lowest BCUT2D eigenvalue weighted by Gasteiger charge is -2.26. The van der Waals surface area contributed by atoms with Gasteiger partial charge in [0.15, 0.2) is 11.5 Å². The number of benzene rings is 2. The van der Waals surface area contributed by atoms with Crippen LogP contribution in [0.5, 0.6) is 11.5 Å². The fourth-order valence-electron chi connectivity index (χ4n) is 4.34. The predicted molar refractivity (Wildman–Crippen MR) is 121 cm³/mol. The highest BCUT2D eigenvalue weighted by atomic mass is 16.6. The van der Waals surface area contributed by atoms with Crippen LogP contribution in [-0.4, -0.2) is 59.4 Å². The zero-order chi connectivity index (χ0) is 22.8. The molecule has 2 aromatic carbocycles. The van der Waals surface area contributed by atoms with Crippen LogP contribution in [0.1, 0.15) is 23.2 Å². The van der Waals surface area contributed by atoms with Crippen LogP contribution in [0.25, 0.3) is 10.9 Å². The third-order valence-corrected chi connectivity index (χ3v) is 6.06. The lowest BCUT2D eigenvalue weighted by atomic mass is 10.1. The van der Waals surface area contributed by atoms with E-state index in [4.69, 9.17) is 9.47 Å². The maximum Gasteiger partial charge on any atom is 0.292 e. The van der Waals surface area contributed by atoms with Crippen molar-refractivity contribution in [2.75, 3.05) is 26.2 Å². The minimum Gasteiger partial charge on any atom is -0.486 e. The lowest BCUT2D eigenvalue weighted by Crippen LogP contribution is -2.42. The molecule has 0 saturated carbocycles. The Morgan fingerprint density at radius 3 is 2.52 bits per heavy atom. The zero-order valence-corrected chi connectivity index (χ0v) is 18.2. The number of hydrogen-bond donors (Lipinski definition) is 1. The van der Waals surface area contributed by atoms with Gasteiger partial charge in [-0.15, -0.1) is 0 Å². The first-order valence-electron chi connectivity index (χ1n) is 11.2. The molecule has 8 nitrogen and oxygen atoms in total. The summed E-state index contributed by atoms with van der Waals surface area (Å²) in [6.07, 6.45) is 3.25. The molecule has 1 aromatic heterocycles. The monoisotopic (exact) mass is 447 g/mol. The Morgan fingerprint density at radius 2 is 1.70 bits per heavy atom. The molecule has 2 aliphatic heterocycles. The van der Waals surface area contributed by atoms with Gasteiger partial charge in [-0.25, -0.2) is 0 Å². The Hall–Kier alpha value is -3.81. The predicted octanol–water partition coefficient (Wildman–Crippen LogP) is 2.40. The Balaban J connectivity index is 1.28. The summed E-state index contributed by atoms with van der Waals surface area (Å²) in [7, 11) is 0. The quantitative estimate of drug-likeness (QED) is 0.463. The number of nitrogens with one attached hydrogen (secondary N) is 1. The van der Waals surface area contributed by atoms with Gasteiger partial charge in [-0.05, 0) is 31.0 Å². The van der Waals surface area contributed by atoms with Crippen LogP contribution in [0.3, 0.4) is 0 Å². The summed E-state index contributed by atoms with van der Waals surface area (Å²) < 4.78 is 13.2. The normalized spacial score (nSPS) is 17.2. The van der Waals surface area contributed by atoms with Crippen LogP contribution in [0.2, 0.25) is 0 Å². The number of aromatic nitrogens is 1. The summed E-state index contributed by atoms with van der Waals surface area (Å²) in [6, 6.07) is 14.6. The summed E-state index contributed by atoms with van der Waals surface area (Å²) in [5, 5.41) is 3.31. The van der Waals surface area contributed by atoms with Gasteiger partial charge in [0, 0.05) is 30.2 Å². The minimum absolute atomic E-state index is 0.0198. The number of rotatable bonds is 6. The molecule has 1 atom stereocenters. The molecule has 3 aromatic rings. The van der Waals surface area contributed by atoms with Crippen molar-refractivity contribution in [2.45, 2.75) is 25.5 Å². The van der Waals surface area contributed by atoms with E-state index in [0.717, 1.165) is 31.4 Å². The highest BCUT2D eigenvalue weighted by molar-refractivity contribution is 6.45. The number of likely N-dealkylation sites (tertiary alicyclic amines) is 1. The lowest BCUT2D eigenvalue weighted by molar-refractivity contribution is -0.130. The van der Waals surface area contributed by atoms with E-state index >= 15 is 0 Å². The summed E-state index contributed by atoms with van der Waals surface area (Å²) in [6.45, 7) is 2.10. The van der Waals surface area contributed by atoms with Gasteiger partial charge in [-0.3, -0.25) is 14.4 Å². The van der Waals surface area contributed by atoms with Crippen LogP contribution in [0, 0.1) is 0 Å². The number of fused-ring (bicyclic) bond motifs is 2. The SMILES string of the molecule is O=C(NC[C@H]1COc2ccccc2O1)C(=O)c1cn(CC(=O)N2CCCC2)c2ccccc12. The fraction of sp³-hybridized carbons (Fsp3) is 0.320. The minimum atomic E-state index is -0.716. The van der Waals surface area contributed by atoms with E-state index in [0.29, 0.717) is 16.9 Å². The third-order valence-electron chi connectivity index (χ3n) is 6.06. The molecule has 33 heavy (non-hydrogen) atoms. The summed E-state index contributed by atoms with van der Waals surface area (Å²) in [5.41, 5.74) is 1.03. The summed E-state index contributed by atoms with van der Waals surface area (Å²) in [4.78, 5) is 40.2. The van der Waals surface area contributed by atoms with Gasteiger partial charge in [0.05, 0.1) is 12.1 Å². The van der Waals surface area contributed by atoms with Crippen LogP contribution >= 0.6 is 0 Å². The molecule has 1 saturated heterocycles. The zero-order valence-electron chi connectivity index (χ0n) is 18.2. The smallest absolute Gasteiger partial charge is 0.292 e. The van der Waals surface area contributed by atoms with Crippen molar-refractivity contribution >= 4 is 28.5 Å². The highest BCUT2D eigenvalue weighted by Gasteiger charge is 2.26. The number of para-hydroxylation sites is 3. The number of carbonyl (C=O) groups is 3. The molecule has 5 rings (SSSR count). The molecule has 1 fully saturated rings. The average molecular weight is 447 g/mol. The van der Waals surface area contributed by atoms with E-state index < -0.39 is 17.8 Å². The topological polar surface area (TPSA) is 89.9 Å². The molecule has 0 aliphatic carbocycles. The number of carbonyl (C=O) groups excluding carboxylic acids is 3. The Labute approximate surface area is 191 Å². The van der Waals surface area contributed by atoms with Crippen LogP contribution in [-0.2, 0) is 16.1 Å². The fourth-order valence-corrected chi connectivity index (χ4v) is 4.34. The molecule has 2 aliphatic rings. The van der Waals surface area contributed by atoms with Crippen molar-refractivity contribution in [3.63, 3.8) is 0 Å². The van der Waals surface area contributed by atoms with Crippen molar-refractivity contribution in [3.05, 3.63) is 60.3 Å². The molecule has 170 valence electrons. The number of ether oxygens (including phenoxy) is 2. The summed E-state index contributed by atoms with van der Waals surface area (Å²) in [5.74, 6) is -0.0686. The maximum absolute atomic E-state index is 13.0. The van der Waals surface area contributed by atoms with Crippen molar-refractivity contribution in [1.82, 2.24) is 14.8 Å². The van der Waals surface area contributed by atoms with Crippen LogP contribution in [0.15, 0.2) is 54.7 Å². The van der Waals surface area contributed by atoms with Gasteiger partial charge < -0.3 is 24.3 Å². The first-order valence-corrected chi connectivity index (χ1v) is 11.2. The van der Waals surface area contributed by atoms with E-state index in [9.17, 15) is 14.4 Å². The van der Waals surface area contributed by atoms with Crippen LogP contribution in [0.4, 0.5) is 0 Å². The van der Waals surface area contributed by atoms with Crippen molar-refractivity contribution in [3.8, 4) is 11.5 Å². The van der Waals surface area contributed by atoms with E-state index in [1.54, 1.807) is 22.9 Å². The molecule has 1 N–H and O–H groups in total. The maximum atomic E-state index is 13.0. The third kappa shape index (κ3) is 4.28. The van der Waals surface area contributed by atoms with Gasteiger partial charge in [-0.1, -0.05) is 30.3 Å². The average Bonchev–Trinajstić information content (AvgIpc) is 3.51. The molecule has 3 heterocycles. The molecule has 8 heteroatoms. The number of ketones is 1. The highest BCUT2D eigenvalue weighted by Crippen LogP contribution is 2.30. The van der Waals surface area contributed by atoms with Gasteiger partial charge in [0.25, 0.3) is 11.7 Å². The molecule has 0 unspecified atom stereocenters. The van der Waals surface area contributed by atoms with Gasteiger partial charge in [-0.2, -0.15) is 0 Å². The van der Waals surface area contributed by atoms with E-state index in [1.165, 1.54) is 0 Å². The largest absolute Gasteiger partial charge is 0.486 e. The number of amides is 2. The first-order chi connectivity index (χ1) is 16.1. The van der Waals surface area contributed by atoms with Crippen LogP contribution < -0.4 is 14.8 Å². The van der Waals surface area contributed by atoms with E-state index in [-0.39, 0.29) is 31.2 Å². The Bertz CT molecular complexity index is 1210. The van der Waals surface area contributed by atoms with E-state index in [2.05, 4.69) is 5.32 Å². The first kappa shape index (κ1) is 21.1. The van der Waals surface area contributed by atoms with Crippen molar-refractivity contribution in [1.29, 1.82) is 0 Å². The molecule has 0 radical (unpaired) electrons. The Morgan fingerprint density at radius 1 is 0.970 bits per heavy atom. The second-order valence-electron chi connectivity index (χ2n) is 8.31.